The van der Waals surface area contributed by atoms with Crippen molar-refractivity contribution in [2.45, 2.75) is 32.1 Å². The van der Waals surface area contributed by atoms with E-state index in [9.17, 15) is 9.59 Å². The van der Waals surface area contributed by atoms with E-state index in [0.29, 0.717) is 18.8 Å². The Morgan fingerprint density at radius 2 is 1.94 bits per heavy atom. The third-order valence-electron chi connectivity index (χ3n) is 3.41. The second-order valence-corrected chi connectivity index (χ2v) is 4.51. The third-order valence-corrected chi connectivity index (χ3v) is 3.41. The molecule has 16 heavy (non-hydrogen) atoms. The van der Waals surface area contributed by atoms with Gasteiger partial charge in [0.05, 0.1) is 5.92 Å². The Morgan fingerprint density at radius 1 is 1.25 bits per heavy atom. The van der Waals surface area contributed by atoms with Crippen molar-refractivity contribution < 1.29 is 9.59 Å². The van der Waals surface area contributed by atoms with E-state index in [2.05, 4.69) is 12.1 Å². The summed E-state index contributed by atoms with van der Waals surface area (Å²) in [6.07, 6.45) is 2.12. The predicted molar refractivity (Wildman–Crippen MR) is 62.2 cm³/mol. The first-order chi connectivity index (χ1) is 7.68. The number of rotatable bonds is 2. The molecule has 2 nitrogen and oxygen atoms in total. The average Bonchev–Trinajstić information content (AvgIpc) is 2.30. The van der Waals surface area contributed by atoms with Crippen molar-refractivity contribution in [2.75, 3.05) is 0 Å². The van der Waals surface area contributed by atoms with E-state index in [-0.39, 0.29) is 17.5 Å². The Kier molecular flexibility index (Phi) is 3.18. The molecular formula is C14H16O2. The van der Waals surface area contributed by atoms with E-state index in [0.717, 1.165) is 6.42 Å². The Bertz CT molecular complexity index is 394. The van der Waals surface area contributed by atoms with Crippen LogP contribution in [0.2, 0.25) is 0 Å². The van der Waals surface area contributed by atoms with Crippen LogP contribution in [0.5, 0.6) is 0 Å². The number of carbonyl (C=O) groups is 2. The fraction of sp³-hybridized carbons (Fsp3) is 0.429. The van der Waals surface area contributed by atoms with Crippen molar-refractivity contribution in [2.24, 2.45) is 5.92 Å². The lowest BCUT2D eigenvalue weighted by atomic mass is 9.76. The Morgan fingerprint density at radius 3 is 2.56 bits per heavy atom. The highest BCUT2D eigenvalue weighted by Gasteiger charge is 2.32. The molecule has 84 valence electrons. The van der Waals surface area contributed by atoms with Crippen molar-refractivity contribution in [3.05, 3.63) is 35.9 Å². The van der Waals surface area contributed by atoms with Gasteiger partial charge in [0, 0.05) is 6.42 Å². The lowest BCUT2D eigenvalue weighted by molar-refractivity contribution is -0.133. The van der Waals surface area contributed by atoms with Gasteiger partial charge in [0.15, 0.2) is 0 Å². The number of hydrogen-bond acceptors (Lipinski definition) is 2. The average molecular weight is 216 g/mol. The summed E-state index contributed by atoms with van der Waals surface area (Å²) in [7, 11) is 0. The van der Waals surface area contributed by atoms with E-state index in [1.165, 1.54) is 12.5 Å². The summed E-state index contributed by atoms with van der Waals surface area (Å²) in [5.74, 6) is 0.150. The minimum atomic E-state index is -0.362. The fourth-order valence-corrected chi connectivity index (χ4v) is 2.45. The van der Waals surface area contributed by atoms with Gasteiger partial charge in [0.25, 0.3) is 0 Å². The summed E-state index contributed by atoms with van der Waals surface area (Å²) in [5.41, 5.74) is 1.25. The van der Waals surface area contributed by atoms with E-state index in [1.54, 1.807) is 0 Å². The summed E-state index contributed by atoms with van der Waals surface area (Å²) >= 11 is 0. The van der Waals surface area contributed by atoms with E-state index in [4.69, 9.17) is 0 Å². The monoisotopic (exact) mass is 216 g/mol. The fourth-order valence-electron chi connectivity index (χ4n) is 2.45. The zero-order valence-corrected chi connectivity index (χ0v) is 9.48. The molecule has 2 rings (SSSR count). The summed E-state index contributed by atoms with van der Waals surface area (Å²) in [5, 5.41) is 0. The summed E-state index contributed by atoms with van der Waals surface area (Å²) in [4.78, 5) is 23.0. The molecule has 1 aliphatic rings. The molecule has 0 radical (unpaired) electrons. The number of hydrogen-bond donors (Lipinski definition) is 0. The van der Waals surface area contributed by atoms with Gasteiger partial charge in [-0.2, -0.15) is 0 Å². The predicted octanol–water partition coefficient (Wildman–Crippen LogP) is 2.73. The smallest absolute Gasteiger partial charge is 0.143 e. The van der Waals surface area contributed by atoms with Gasteiger partial charge in [0.2, 0.25) is 0 Å². The first-order valence-electron chi connectivity index (χ1n) is 5.76. The molecule has 1 aromatic carbocycles. The van der Waals surface area contributed by atoms with Gasteiger partial charge >= 0.3 is 0 Å². The highest BCUT2D eigenvalue weighted by Crippen LogP contribution is 2.34. The SMILES string of the molecule is CC(=O)C1CC(c2ccccc2)CCC1=O. The third kappa shape index (κ3) is 2.21. The van der Waals surface area contributed by atoms with Crippen molar-refractivity contribution in [3.8, 4) is 0 Å². The Balaban J connectivity index is 2.15. The van der Waals surface area contributed by atoms with Crippen LogP contribution in [0.4, 0.5) is 0 Å². The molecule has 0 amide bonds. The van der Waals surface area contributed by atoms with Crippen LogP contribution in [-0.4, -0.2) is 11.6 Å². The summed E-state index contributed by atoms with van der Waals surface area (Å²) in [6, 6.07) is 10.2. The molecule has 1 aromatic rings. The highest BCUT2D eigenvalue weighted by atomic mass is 16.1. The van der Waals surface area contributed by atoms with Crippen LogP contribution in [0.15, 0.2) is 30.3 Å². The van der Waals surface area contributed by atoms with Crippen LogP contribution in [0.25, 0.3) is 0 Å². The zero-order valence-electron chi connectivity index (χ0n) is 9.48. The second-order valence-electron chi connectivity index (χ2n) is 4.51. The van der Waals surface area contributed by atoms with Gasteiger partial charge in [-0.05, 0) is 31.2 Å². The molecule has 0 spiro atoms. The van der Waals surface area contributed by atoms with E-state index >= 15 is 0 Å². The molecule has 1 fully saturated rings. The molecule has 1 saturated carbocycles. The first-order valence-corrected chi connectivity index (χ1v) is 5.76. The topological polar surface area (TPSA) is 34.1 Å². The summed E-state index contributed by atoms with van der Waals surface area (Å²) < 4.78 is 0. The molecule has 0 bridgehead atoms. The molecule has 2 heteroatoms. The number of ketones is 2. The standard InChI is InChI=1S/C14H16O2/c1-10(15)13-9-12(7-8-14(13)16)11-5-3-2-4-6-11/h2-6,12-13H,7-9H2,1H3. The molecule has 2 unspecified atom stereocenters. The van der Waals surface area contributed by atoms with E-state index in [1.807, 2.05) is 18.2 Å². The molecule has 0 N–H and O–H groups in total. The Hall–Kier alpha value is -1.44. The van der Waals surface area contributed by atoms with Crippen LogP contribution in [-0.2, 0) is 9.59 Å². The van der Waals surface area contributed by atoms with E-state index < -0.39 is 0 Å². The lowest BCUT2D eigenvalue weighted by Crippen LogP contribution is -2.29. The van der Waals surface area contributed by atoms with Crippen molar-refractivity contribution in [1.29, 1.82) is 0 Å². The van der Waals surface area contributed by atoms with Gasteiger partial charge < -0.3 is 0 Å². The maximum absolute atomic E-state index is 11.6. The quantitative estimate of drug-likeness (QED) is 0.712. The first kappa shape index (κ1) is 11.1. The largest absolute Gasteiger partial charge is 0.299 e. The molecule has 1 aliphatic carbocycles. The second kappa shape index (κ2) is 4.60. The number of Topliss-reactive ketones (excluding diaryl/α,β-unsaturated/α-hetero) is 2. The molecule has 0 heterocycles. The number of carbonyl (C=O) groups excluding carboxylic acids is 2. The Labute approximate surface area is 95.7 Å². The van der Waals surface area contributed by atoms with Crippen molar-refractivity contribution >= 4 is 11.6 Å². The minimum Gasteiger partial charge on any atom is -0.299 e. The maximum Gasteiger partial charge on any atom is 0.143 e. The minimum absolute atomic E-state index is 0.0191. The van der Waals surface area contributed by atoms with Crippen molar-refractivity contribution in [3.63, 3.8) is 0 Å². The van der Waals surface area contributed by atoms with Crippen LogP contribution >= 0.6 is 0 Å². The normalized spacial score (nSPS) is 25.4. The molecule has 0 aliphatic heterocycles. The molecular weight excluding hydrogens is 200 g/mol. The summed E-state index contributed by atoms with van der Waals surface area (Å²) in [6.45, 7) is 1.52. The van der Waals surface area contributed by atoms with Gasteiger partial charge in [-0.1, -0.05) is 30.3 Å². The van der Waals surface area contributed by atoms with Gasteiger partial charge in [0.1, 0.15) is 11.6 Å². The van der Waals surface area contributed by atoms with Gasteiger partial charge in [-0.25, -0.2) is 0 Å². The van der Waals surface area contributed by atoms with Crippen molar-refractivity contribution in [1.82, 2.24) is 0 Å². The van der Waals surface area contributed by atoms with Crippen LogP contribution < -0.4 is 0 Å². The van der Waals surface area contributed by atoms with Crippen LogP contribution in [0, 0.1) is 5.92 Å². The zero-order chi connectivity index (χ0) is 11.5. The van der Waals surface area contributed by atoms with Gasteiger partial charge in [-0.3, -0.25) is 9.59 Å². The molecule has 0 aromatic heterocycles. The van der Waals surface area contributed by atoms with Crippen LogP contribution in [0.1, 0.15) is 37.7 Å². The maximum atomic E-state index is 11.6. The molecule has 2 atom stereocenters. The van der Waals surface area contributed by atoms with Gasteiger partial charge in [-0.15, -0.1) is 0 Å². The number of benzene rings is 1. The molecule has 0 saturated heterocycles. The highest BCUT2D eigenvalue weighted by molar-refractivity contribution is 6.01. The van der Waals surface area contributed by atoms with Crippen LogP contribution in [0.3, 0.4) is 0 Å². The lowest BCUT2D eigenvalue weighted by Gasteiger charge is -2.26.